The highest BCUT2D eigenvalue weighted by Gasteiger charge is 2.11. The molecular weight excluding hydrogens is 154 g/mol. The van der Waals surface area contributed by atoms with Crippen molar-refractivity contribution in [2.24, 2.45) is 5.92 Å². The van der Waals surface area contributed by atoms with Gasteiger partial charge in [-0.2, -0.15) is 0 Å². The number of hydrogen-bond acceptors (Lipinski definition) is 2. The Balaban J connectivity index is 3.63. The van der Waals surface area contributed by atoms with E-state index in [9.17, 15) is 9.59 Å². The normalized spacial score (nSPS) is 12.2. The molecule has 12 heavy (non-hydrogen) atoms. The van der Waals surface area contributed by atoms with Crippen LogP contribution >= 0.6 is 0 Å². The van der Waals surface area contributed by atoms with E-state index < -0.39 is 0 Å². The van der Waals surface area contributed by atoms with Crippen LogP contribution in [0.2, 0.25) is 0 Å². The third kappa shape index (κ3) is 4.88. The van der Waals surface area contributed by atoms with E-state index in [1.807, 2.05) is 0 Å². The number of amides is 1. The van der Waals surface area contributed by atoms with Gasteiger partial charge in [0, 0.05) is 12.5 Å². The Morgan fingerprint density at radius 1 is 1.50 bits per heavy atom. The van der Waals surface area contributed by atoms with Gasteiger partial charge in [-0.25, -0.2) is 0 Å². The molecule has 1 N–H and O–H groups in total. The van der Waals surface area contributed by atoms with Gasteiger partial charge in [0.2, 0.25) is 6.41 Å². The summed E-state index contributed by atoms with van der Waals surface area (Å²) in [7, 11) is 0. The van der Waals surface area contributed by atoms with E-state index in [1.165, 1.54) is 0 Å². The van der Waals surface area contributed by atoms with Crippen LogP contribution in [0.15, 0.2) is 0 Å². The molecule has 0 aliphatic carbocycles. The maximum Gasteiger partial charge on any atom is 0.207 e. The molecule has 1 amide bonds. The first-order valence-corrected chi connectivity index (χ1v) is 4.39. The lowest BCUT2D eigenvalue weighted by Gasteiger charge is -2.11. The average Bonchev–Trinajstić information content (AvgIpc) is 2.03. The minimum absolute atomic E-state index is 0.127. The van der Waals surface area contributed by atoms with Crippen LogP contribution in [0.1, 0.15) is 33.1 Å². The standard InChI is InChI=1S/C9H17NO2/c1-3-4-9(8(2)12)5-6-10-7-11/h7,9H,3-6H2,1-2H3,(H,10,11). The Labute approximate surface area is 73.5 Å². The van der Waals surface area contributed by atoms with Crippen molar-refractivity contribution in [3.8, 4) is 0 Å². The number of carbonyl (C=O) groups excluding carboxylic acids is 2. The van der Waals surface area contributed by atoms with Gasteiger partial charge in [0.1, 0.15) is 5.78 Å². The number of hydrogen-bond donors (Lipinski definition) is 1. The molecule has 0 spiro atoms. The van der Waals surface area contributed by atoms with Crippen molar-refractivity contribution in [1.82, 2.24) is 5.32 Å². The first-order valence-electron chi connectivity index (χ1n) is 4.39. The second-order valence-electron chi connectivity index (χ2n) is 2.96. The predicted molar refractivity (Wildman–Crippen MR) is 47.8 cm³/mol. The minimum atomic E-state index is 0.127. The van der Waals surface area contributed by atoms with Crippen molar-refractivity contribution in [3.05, 3.63) is 0 Å². The molecule has 0 aromatic heterocycles. The molecule has 0 aromatic rings. The number of rotatable bonds is 7. The Morgan fingerprint density at radius 2 is 2.17 bits per heavy atom. The summed E-state index contributed by atoms with van der Waals surface area (Å²) in [5.41, 5.74) is 0. The van der Waals surface area contributed by atoms with Crippen LogP contribution in [0.25, 0.3) is 0 Å². The van der Waals surface area contributed by atoms with Gasteiger partial charge in [0.05, 0.1) is 0 Å². The van der Waals surface area contributed by atoms with Crippen LogP contribution in [0.5, 0.6) is 0 Å². The van der Waals surface area contributed by atoms with E-state index in [-0.39, 0.29) is 11.7 Å². The van der Waals surface area contributed by atoms with Crippen molar-refractivity contribution < 1.29 is 9.59 Å². The second kappa shape index (κ2) is 6.83. The molecule has 0 fully saturated rings. The second-order valence-corrected chi connectivity index (χ2v) is 2.96. The molecule has 0 saturated carbocycles. The molecule has 70 valence electrons. The molecule has 0 radical (unpaired) electrons. The van der Waals surface area contributed by atoms with Crippen molar-refractivity contribution >= 4 is 12.2 Å². The van der Waals surface area contributed by atoms with E-state index in [0.29, 0.717) is 13.0 Å². The van der Waals surface area contributed by atoms with Gasteiger partial charge in [-0.3, -0.25) is 9.59 Å². The van der Waals surface area contributed by atoms with Crippen LogP contribution in [0, 0.1) is 5.92 Å². The van der Waals surface area contributed by atoms with E-state index >= 15 is 0 Å². The maximum atomic E-state index is 11.0. The lowest BCUT2D eigenvalue weighted by atomic mass is 9.96. The van der Waals surface area contributed by atoms with Gasteiger partial charge >= 0.3 is 0 Å². The lowest BCUT2D eigenvalue weighted by molar-refractivity contribution is -0.121. The van der Waals surface area contributed by atoms with Gasteiger partial charge in [0.25, 0.3) is 0 Å². The molecule has 0 aromatic carbocycles. The first-order chi connectivity index (χ1) is 5.72. The summed E-state index contributed by atoms with van der Waals surface area (Å²) >= 11 is 0. The molecule has 0 saturated heterocycles. The summed E-state index contributed by atoms with van der Waals surface area (Å²) in [4.78, 5) is 20.9. The Kier molecular flexibility index (Phi) is 6.34. The van der Waals surface area contributed by atoms with Gasteiger partial charge < -0.3 is 5.32 Å². The third-order valence-electron chi connectivity index (χ3n) is 1.93. The van der Waals surface area contributed by atoms with E-state index in [0.717, 1.165) is 19.3 Å². The zero-order chi connectivity index (χ0) is 9.40. The van der Waals surface area contributed by atoms with Crippen LogP contribution in [0.4, 0.5) is 0 Å². The van der Waals surface area contributed by atoms with Crippen molar-refractivity contribution in [1.29, 1.82) is 0 Å². The fourth-order valence-electron chi connectivity index (χ4n) is 1.22. The molecule has 0 rings (SSSR count). The lowest BCUT2D eigenvalue weighted by Crippen LogP contribution is -2.19. The molecule has 3 heteroatoms. The summed E-state index contributed by atoms with van der Waals surface area (Å²) in [6.45, 7) is 4.28. The van der Waals surface area contributed by atoms with E-state index in [2.05, 4.69) is 12.2 Å². The van der Waals surface area contributed by atoms with Gasteiger partial charge in [0.15, 0.2) is 0 Å². The zero-order valence-electron chi connectivity index (χ0n) is 7.80. The molecule has 3 nitrogen and oxygen atoms in total. The Morgan fingerprint density at radius 3 is 2.58 bits per heavy atom. The molecule has 1 atom stereocenters. The summed E-state index contributed by atoms with van der Waals surface area (Å²) in [5.74, 6) is 0.354. The van der Waals surface area contributed by atoms with Crippen LogP contribution in [0.3, 0.4) is 0 Å². The van der Waals surface area contributed by atoms with Gasteiger partial charge in [-0.05, 0) is 19.8 Å². The van der Waals surface area contributed by atoms with E-state index in [1.54, 1.807) is 6.92 Å². The number of ketones is 1. The molecule has 1 unspecified atom stereocenters. The highest BCUT2D eigenvalue weighted by atomic mass is 16.1. The third-order valence-corrected chi connectivity index (χ3v) is 1.93. The number of Topliss-reactive ketones (excluding diaryl/α,β-unsaturated/α-hetero) is 1. The first kappa shape index (κ1) is 11.1. The van der Waals surface area contributed by atoms with Crippen LogP contribution < -0.4 is 5.32 Å². The van der Waals surface area contributed by atoms with Gasteiger partial charge in [-0.1, -0.05) is 13.3 Å². The van der Waals surface area contributed by atoms with Crippen LogP contribution in [-0.4, -0.2) is 18.7 Å². The van der Waals surface area contributed by atoms with Crippen LogP contribution in [-0.2, 0) is 9.59 Å². The predicted octanol–water partition coefficient (Wildman–Crippen LogP) is 1.13. The quantitative estimate of drug-likeness (QED) is 0.461. The maximum absolute atomic E-state index is 11.0. The highest BCUT2D eigenvalue weighted by molar-refractivity contribution is 5.78. The zero-order valence-corrected chi connectivity index (χ0v) is 7.80. The highest BCUT2D eigenvalue weighted by Crippen LogP contribution is 2.11. The Hall–Kier alpha value is -0.860. The number of nitrogens with one attached hydrogen (secondary N) is 1. The molecular formula is C9H17NO2. The molecule has 0 heterocycles. The van der Waals surface area contributed by atoms with Crippen molar-refractivity contribution in [3.63, 3.8) is 0 Å². The molecule has 0 aliphatic rings. The number of carbonyl (C=O) groups is 2. The molecule has 0 aliphatic heterocycles. The van der Waals surface area contributed by atoms with E-state index in [4.69, 9.17) is 0 Å². The topological polar surface area (TPSA) is 46.2 Å². The largest absolute Gasteiger partial charge is 0.359 e. The van der Waals surface area contributed by atoms with Crippen molar-refractivity contribution in [2.45, 2.75) is 33.1 Å². The fourth-order valence-corrected chi connectivity index (χ4v) is 1.22. The van der Waals surface area contributed by atoms with Crippen molar-refractivity contribution in [2.75, 3.05) is 6.54 Å². The monoisotopic (exact) mass is 171 g/mol. The smallest absolute Gasteiger partial charge is 0.207 e. The summed E-state index contributed by atoms with van der Waals surface area (Å²) in [6, 6.07) is 0. The average molecular weight is 171 g/mol. The minimum Gasteiger partial charge on any atom is -0.359 e. The molecule has 0 bridgehead atoms. The SMILES string of the molecule is CCCC(CCNC=O)C(C)=O. The summed E-state index contributed by atoms with van der Waals surface area (Å²) < 4.78 is 0. The Bertz CT molecular complexity index is 145. The van der Waals surface area contributed by atoms with Gasteiger partial charge in [-0.15, -0.1) is 0 Å². The summed E-state index contributed by atoms with van der Waals surface area (Å²) in [5, 5.41) is 2.56. The summed E-state index contributed by atoms with van der Waals surface area (Å²) in [6.07, 6.45) is 3.38. The fraction of sp³-hybridized carbons (Fsp3) is 0.778.